The number of nitrogens with one attached hydrogen (secondary N) is 2. The monoisotopic (exact) mass is 428 g/mol. The van der Waals surface area contributed by atoms with E-state index in [1.807, 2.05) is 0 Å². The Morgan fingerprint density at radius 2 is 1.87 bits per heavy atom. The van der Waals surface area contributed by atoms with Gasteiger partial charge in [0.1, 0.15) is 10.8 Å². The van der Waals surface area contributed by atoms with E-state index in [4.69, 9.17) is 11.6 Å². The van der Waals surface area contributed by atoms with Crippen LogP contribution in [0.5, 0.6) is 0 Å². The molecular weight excluding hydrogens is 419 g/mol. The minimum atomic E-state index is -0.597. The largest absolute Gasteiger partial charge is 0.335 e. The van der Waals surface area contributed by atoms with Crippen LogP contribution in [0.2, 0.25) is 5.02 Å². The molecule has 0 aliphatic heterocycles. The van der Waals surface area contributed by atoms with Gasteiger partial charge in [-0.2, -0.15) is 10.1 Å². The minimum Gasteiger partial charge on any atom is -0.335 e. The average molecular weight is 429 g/mol. The van der Waals surface area contributed by atoms with Gasteiger partial charge in [0.2, 0.25) is 11.3 Å². The number of fused-ring (bicyclic) bond motifs is 1. The lowest BCUT2D eigenvalue weighted by Gasteiger charge is -2.09. The Bertz CT molecular complexity index is 1280. The molecule has 0 unspecified atom stereocenters. The smallest absolute Gasteiger partial charge is 0.288 e. The number of nitro groups is 1. The Morgan fingerprint density at radius 3 is 2.60 bits per heavy atom. The van der Waals surface area contributed by atoms with Gasteiger partial charge >= 0.3 is 0 Å². The van der Waals surface area contributed by atoms with Crippen molar-refractivity contribution in [1.29, 1.82) is 0 Å². The summed E-state index contributed by atoms with van der Waals surface area (Å²) in [5, 5.41) is 25.0. The number of aromatic nitrogens is 4. The molecule has 11 nitrogen and oxygen atoms in total. The minimum absolute atomic E-state index is 0.0105. The van der Waals surface area contributed by atoms with Crippen molar-refractivity contribution >= 4 is 52.1 Å². The number of hydrazone groups is 1. The molecule has 0 aliphatic rings. The van der Waals surface area contributed by atoms with Crippen LogP contribution >= 0.6 is 11.6 Å². The van der Waals surface area contributed by atoms with Crippen LogP contribution in [0.4, 0.5) is 27.4 Å². The SMILES string of the molecule is O=[N+]([O-])c1cc(/C=N/Nc2nc3nonc3nc2Nc2ccccc2F)ccc1Cl. The summed E-state index contributed by atoms with van der Waals surface area (Å²) in [6.07, 6.45) is 1.32. The number of anilines is 3. The summed E-state index contributed by atoms with van der Waals surface area (Å²) >= 11 is 5.80. The van der Waals surface area contributed by atoms with Crippen LogP contribution in [0.25, 0.3) is 11.3 Å². The topological polar surface area (TPSA) is 144 Å². The molecule has 0 bridgehead atoms. The fourth-order valence-electron chi connectivity index (χ4n) is 2.41. The van der Waals surface area contributed by atoms with E-state index in [0.717, 1.165) is 0 Å². The highest BCUT2D eigenvalue weighted by Gasteiger charge is 2.15. The molecule has 2 aromatic carbocycles. The Labute approximate surface area is 171 Å². The number of hydrogen-bond donors (Lipinski definition) is 2. The van der Waals surface area contributed by atoms with Gasteiger partial charge in [-0.3, -0.25) is 15.5 Å². The highest BCUT2D eigenvalue weighted by atomic mass is 35.5. The number of nitrogens with zero attached hydrogens (tertiary/aromatic N) is 6. The maximum atomic E-state index is 14.0. The Hall–Kier alpha value is -4.19. The third-order valence-corrected chi connectivity index (χ3v) is 4.11. The van der Waals surface area contributed by atoms with Gasteiger partial charge in [-0.1, -0.05) is 29.8 Å². The van der Waals surface area contributed by atoms with E-state index in [2.05, 4.69) is 40.8 Å². The lowest BCUT2D eigenvalue weighted by molar-refractivity contribution is -0.384. The van der Waals surface area contributed by atoms with Crippen LogP contribution < -0.4 is 10.7 Å². The van der Waals surface area contributed by atoms with E-state index < -0.39 is 10.7 Å². The van der Waals surface area contributed by atoms with Gasteiger partial charge in [0.25, 0.3) is 5.69 Å². The Kier molecular flexibility index (Phi) is 5.13. The molecule has 4 rings (SSSR count). The number of benzene rings is 2. The van der Waals surface area contributed by atoms with Gasteiger partial charge in [-0.15, -0.1) is 0 Å². The fourth-order valence-corrected chi connectivity index (χ4v) is 2.60. The molecule has 0 spiro atoms. The lowest BCUT2D eigenvalue weighted by atomic mass is 10.2. The molecule has 2 aromatic heterocycles. The predicted octanol–water partition coefficient (Wildman–Crippen LogP) is 3.90. The molecular formula is C17H10ClFN8O3. The quantitative estimate of drug-likeness (QED) is 0.265. The summed E-state index contributed by atoms with van der Waals surface area (Å²) in [5.41, 5.74) is 3.18. The third-order valence-electron chi connectivity index (χ3n) is 3.79. The zero-order chi connectivity index (χ0) is 21.1. The van der Waals surface area contributed by atoms with E-state index in [1.165, 1.54) is 30.5 Å². The van der Waals surface area contributed by atoms with Crippen molar-refractivity contribution in [3.8, 4) is 0 Å². The molecule has 13 heteroatoms. The summed E-state index contributed by atoms with van der Waals surface area (Å²) in [6.45, 7) is 0. The summed E-state index contributed by atoms with van der Waals surface area (Å²) in [7, 11) is 0. The van der Waals surface area contributed by atoms with Crippen LogP contribution in [0.15, 0.2) is 52.2 Å². The normalized spacial score (nSPS) is 11.1. The molecule has 0 saturated carbocycles. The molecule has 0 amide bonds. The number of halogens is 2. The maximum absolute atomic E-state index is 14.0. The number of hydrogen-bond acceptors (Lipinski definition) is 10. The van der Waals surface area contributed by atoms with E-state index in [9.17, 15) is 14.5 Å². The molecule has 2 N–H and O–H groups in total. The Balaban J connectivity index is 1.63. The molecule has 0 atom stereocenters. The van der Waals surface area contributed by atoms with E-state index in [-0.39, 0.29) is 39.3 Å². The standard InChI is InChI=1S/C17H10ClFN8O3/c18-10-6-5-9(7-13(10)27(28)29)8-20-24-15-14(21-12-4-2-1-3-11(12)19)22-16-17(23-15)26-30-25-16/h1-8H,(H,21,22,25)(H,23,24,26)/b20-8+. The van der Waals surface area contributed by atoms with Gasteiger partial charge in [-0.25, -0.2) is 14.0 Å². The van der Waals surface area contributed by atoms with Crippen molar-refractivity contribution in [2.24, 2.45) is 5.10 Å². The van der Waals surface area contributed by atoms with Crippen molar-refractivity contribution in [3.05, 3.63) is 69.0 Å². The molecule has 30 heavy (non-hydrogen) atoms. The van der Waals surface area contributed by atoms with Crippen molar-refractivity contribution in [2.45, 2.75) is 0 Å². The molecule has 4 aromatic rings. The van der Waals surface area contributed by atoms with Crippen molar-refractivity contribution in [1.82, 2.24) is 20.3 Å². The molecule has 0 fully saturated rings. The van der Waals surface area contributed by atoms with E-state index in [1.54, 1.807) is 18.2 Å². The van der Waals surface area contributed by atoms with Gasteiger partial charge in [0, 0.05) is 11.6 Å². The highest BCUT2D eigenvalue weighted by Crippen LogP contribution is 2.26. The van der Waals surface area contributed by atoms with Gasteiger partial charge in [-0.05, 0) is 28.5 Å². The van der Waals surface area contributed by atoms with E-state index in [0.29, 0.717) is 5.56 Å². The van der Waals surface area contributed by atoms with E-state index >= 15 is 0 Å². The molecule has 0 saturated heterocycles. The predicted molar refractivity (Wildman–Crippen MR) is 106 cm³/mol. The third kappa shape index (κ3) is 3.98. The first kappa shape index (κ1) is 19.1. The van der Waals surface area contributed by atoms with Gasteiger partial charge < -0.3 is 5.32 Å². The van der Waals surface area contributed by atoms with Crippen molar-refractivity contribution < 1.29 is 13.9 Å². The first-order chi connectivity index (χ1) is 14.5. The highest BCUT2D eigenvalue weighted by molar-refractivity contribution is 6.32. The number of rotatable bonds is 6. The first-order valence-corrected chi connectivity index (χ1v) is 8.64. The molecule has 0 radical (unpaired) electrons. The number of nitro benzene ring substituents is 1. The summed E-state index contributed by atoms with van der Waals surface area (Å²) < 4.78 is 18.6. The lowest BCUT2D eigenvalue weighted by Crippen LogP contribution is -2.04. The van der Waals surface area contributed by atoms with Crippen LogP contribution in [0, 0.1) is 15.9 Å². The molecule has 150 valence electrons. The fraction of sp³-hybridized carbons (Fsp3) is 0. The zero-order valence-electron chi connectivity index (χ0n) is 14.8. The first-order valence-electron chi connectivity index (χ1n) is 8.26. The second kappa shape index (κ2) is 8.05. The van der Waals surface area contributed by atoms with Crippen molar-refractivity contribution in [2.75, 3.05) is 10.7 Å². The average Bonchev–Trinajstić information content (AvgIpc) is 3.18. The molecule has 0 aliphatic carbocycles. The van der Waals surface area contributed by atoms with Crippen LogP contribution in [-0.4, -0.2) is 31.4 Å². The number of para-hydroxylation sites is 1. The van der Waals surface area contributed by atoms with Crippen molar-refractivity contribution in [3.63, 3.8) is 0 Å². The van der Waals surface area contributed by atoms with Gasteiger partial charge in [0.05, 0.1) is 16.8 Å². The second-order valence-corrected chi connectivity index (χ2v) is 6.18. The van der Waals surface area contributed by atoms with Gasteiger partial charge in [0.15, 0.2) is 11.6 Å². The summed E-state index contributed by atoms with van der Waals surface area (Å²) in [6, 6.07) is 10.2. The molecule has 2 heterocycles. The van der Waals surface area contributed by atoms with Crippen LogP contribution in [0.1, 0.15) is 5.56 Å². The second-order valence-electron chi connectivity index (χ2n) is 5.78. The maximum Gasteiger partial charge on any atom is 0.288 e. The van der Waals surface area contributed by atoms with Crippen LogP contribution in [0.3, 0.4) is 0 Å². The summed E-state index contributed by atoms with van der Waals surface area (Å²) in [5.74, 6) is -0.288. The van der Waals surface area contributed by atoms with Crippen LogP contribution in [-0.2, 0) is 0 Å². The summed E-state index contributed by atoms with van der Waals surface area (Å²) in [4.78, 5) is 18.8. The zero-order valence-corrected chi connectivity index (χ0v) is 15.5. The Morgan fingerprint density at radius 1 is 1.13 bits per heavy atom.